The third-order valence-corrected chi connectivity index (χ3v) is 3.03. The van der Waals surface area contributed by atoms with Crippen LogP contribution in [0, 0.1) is 0 Å². The van der Waals surface area contributed by atoms with Gasteiger partial charge in [0.1, 0.15) is 0 Å². The van der Waals surface area contributed by atoms with E-state index in [2.05, 4.69) is 17.1 Å². The second-order valence-corrected chi connectivity index (χ2v) is 4.28. The summed E-state index contributed by atoms with van der Waals surface area (Å²) in [5.41, 5.74) is 4.07. The first-order valence-corrected chi connectivity index (χ1v) is 5.92. The molecule has 0 aliphatic heterocycles. The van der Waals surface area contributed by atoms with Crippen molar-refractivity contribution in [2.75, 3.05) is 0 Å². The molecular weight excluding hydrogens is 222 g/mol. The van der Waals surface area contributed by atoms with E-state index in [1.54, 1.807) is 0 Å². The highest BCUT2D eigenvalue weighted by molar-refractivity contribution is 5.83. The molecule has 0 aliphatic rings. The summed E-state index contributed by atoms with van der Waals surface area (Å²) < 4.78 is 0. The summed E-state index contributed by atoms with van der Waals surface area (Å²) in [4.78, 5) is 4.45. The van der Waals surface area contributed by atoms with Crippen molar-refractivity contribution in [3.63, 3.8) is 0 Å². The molecule has 0 bridgehead atoms. The summed E-state index contributed by atoms with van der Waals surface area (Å²) in [5.74, 6) is 0. The largest absolute Gasteiger partial charge is 0.392 e. The lowest BCUT2D eigenvalue weighted by atomic mass is 10.0. The molecule has 88 valence electrons. The molecule has 2 nitrogen and oxygen atoms in total. The minimum absolute atomic E-state index is 0.0643. The molecule has 3 rings (SSSR count). The topological polar surface area (TPSA) is 33.1 Å². The van der Waals surface area contributed by atoms with Gasteiger partial charge in [0.2, 0.25) is 0 Å². The van der Waals surface area contributed by atoms with Crippen LogP contribution >= 0.6 is 0 Å². The number of hydrogen-bond acceptors (Lipinski definition) is 2. The maximum absolute atomic E-state index is 9.17. The highest BCUT2D eigenvalue weighted by Gasteiger charge is 2.01. The van der Waals surface area contributed by atoms with Crippen LogP contribution in [0.1, 0.15) is 5.56 Å². The van der Waals surface area contributed by atoms with Crippen LogP contribution in [0.5, 0.6) is 0 Å². The predicted molar refractivity (Wildman–Crippen MR) is 73.1 cm³/mol. The van der Waals surface area contributed by atoms with Gasteiger partial charge in [-0.25, -0.2) is 0 Å². The molecule has 2 heteroatoms. The van der Waals surface area contributed by atoms with Gasteiger partial charge >= 0.3 is 0 Å². The summed E-state index contributed by atoms with van der Waals surface area (Å²) in [6, 6.07) is 18.1. The van der Waals surface area contributed by atoms with Crippen LogP contribution in [-0.4, -0.2) is 10.1 Å². The van der Waals surface area contributed by atoms with Crippen molar-refractivity contribution in [2.45, 2.75) is 6.61 Å². The number of aromatic nitrogens is 1. The van der Waals surface area contributed by atoms with Crippen molar-refractivity contribution >= 4 is 10.9 Å². The molecule has 0 radical (unpaired) electrons. The van der Waals surface area contributed by atoms with Crippen molar-refractivity contribution in [1.82, 2.24) is 4.98 Å². The Morgan fingerprint density at radius 2 is 1.78 bits per heavy atom. The van der Waals surface area contributed by atoms with Crippen molar-refractivity contribution in [3.05, 3.63) is 66.4 Å². The van der Waals surface area contributed by atoms with Gasteiger partial charge in [0.05, 0.1) is 12.1 Å². The van der Waals surface area contributed by atoms with Gasteiger partial charge in [0.15, 0.2) is 0 Å². The maximum atomic E-state index is 9.17. The fourth-order valence-electron chi connectivity index (χ4n) is 2.08. The van der Waals surface area contributed by atoms with E-state index in [1.807, 2.05) is 48.7 Å². The number of aliphatic hydroxyl groups is 1. The Morgan fingerprint density at radius 3 is 2.67 bits per heavy atom. The van der Waals surface area contributed by atoms with Gasteiger partial charge in [-0.1, -0.05) is 36.4 Å². The number of fused-ring (bicyclic) bond motifs is 1. The molecule has 1 aromatic heterocycles. The number of nitrogens with zero attached hydrogens (tertiary/aromatic N) is 1. The van der Waals surface area contributed by atoms with E-state index >= 15 is 0 Å². The van der Waals surface area contributed by atoms with Gasteiger partial charge in [-0.2, -0.15) is 0 Å². The highest BCUT2D eigenvalue weighted by atomic mass is 16.3. The quantitative estimate of drug-likeness (QED) is 0.738. The Kier molecular flexibility index (Phi) is 2.79. The molecule has 0 amide bonds. The Hall–Kier alpha value is -2.19. The fourth-order valence-corrected chi connectivity index (χ4v) is 2.08. The summed E-state index contributed by atoms with van der Waals surface area (Å²) in [6.45, 7) is 0.0643. The van der Waals surface area contributed by atoms with E-state index in [1.165, 1.54) is 0 Å². The molecule has 0 spiro atoms. The van der Waals surface area contributed by atoms with Gasteiger partial charge in [0, 0.05) is 17.1 Å². The Bertz CT molecular complexity index is 691. The first kappa shape index (κ1) is 10.9. The molecule has 0 aliphatic carbocycles. The fraction of sp³-hybridized carbons (Fsp3) is 0.0625. The molecule has 1 N–H and O–H groups in total. The molecule has 0 fully saturated rings. The average molecular weight is 235 g/mol. The van der Waals surface area contributed by atoms with E-state index in [9.17, 15) is 0 Å². The third kappa shape index (κ3) is 1.98. The van der Waals surface area contributed by atoms with Crippen LogP contribution in [0.4, 0.5) is 0 Å². The zero-order valence-electron chi connectivity index (χ0n) is 9.88. The maximum Gasteiger partial charge on any atom is 0.0702 e. The number of para-hydroxylation sites is 1. The molecular formula is C16H13NO. The van der Waals surface area contributed by atoms with Crippen LogP contribution in [0.2, 0.25) is 0 Å². The number of aliphatic hydroxyl groups excluding tert-OH is 1. The second-order valence-electron chi connectivity index (χ2n) is 4.28. The zero-order valence-corrected chi connectivity index (χ0v) is 9.88. The summed E-state index contributed by atoms with van der Waals surface area (Å²) in [5, 5.41) is 10.3. The van der Waals surface area contributed by atoms with Gasteiger partial charge in [-0.15, -0.1) is 0 Å². The lowest BCUT2D eigenvalue weighted by Crippen LogP contribution is -1.86. The van der Waals surface area contributed by atoms with Crippen LogP contribution < -0.4 is 0 Å². The van der Waals surface area contributed by atoms with Crippen LogP contribution in [0.3, 0.4) is 0 Å². The van der Waals surface area contributed by atoms with Crippen LogP contribution in [-0.2, 0) is 6.61 Å². The monoisotopic (exact) mass is 235 g/mol. The molecule has 0 unspecified atom stereocenters. The molecule has 1 heterocycles. The molecule has 0 saturated carbocycles. The number of hydrogen-bond donors (Lipinski definition) is 1. The summed E-state index contributed by atoms with van der Waals surface area (Å²) >= 11 is 0. The number of rotatable bonds is 2. The predicted octanol–water partition coefficient (Wildman–Crippen LogP) is 3.39. The normalized spacial score (nSPS) is 10.7. The lowest BCUT2D eigenvalue weighted by molar-refractivity contribution is 0.282. The SMILES string of the molecule is OCc1cccc(-c2cnc3ccccc3c2)c1. The minimum atomic E-state index is 0.0643. The summed E-state index contributed by atoms with van der Waals surface area (Å²) in [7, 11) is 0. The Balaban J connectivity index is 2.13. The van der Waals surface area contributed by atoms with Crippen molar-refractivity contribution in [3.8, 4) is 11.1 Å². The van der Waals surface area contributed by atoms with Crippen molar-refractivity contribution in [1.29, 1.82) is 0 Å². The van der Waals surface area contributed by atoms with E-state index < -0.39 is 0 Å². The first-order chi connectivity index (χ1) is 8.86. The van der Waals surface area contributed by atoms with E-state index in [4.69, 9.17) is 5.11 Å². The third-order valence-electron chi connectivity index (χ3n) is 3.03. The van der Waals surface area contributed by atoms with Gasteiger partial charge < -0.3 is 5.11 Å². The lowest BCUT2D eigenvalue weighted by Gasteiger charge is -2.05. The van der Waals surface area contributed by atoms with Gasteiger partial charge in [-0.3, -0.25) is 4.98 Å². The van der Waals surface area contributed by atoms with E-state index in [-0.39, 0.29) is 6.61 Å². The number of pyridine rings is 1. The second kappa shape index (κ2) is 4.59. The highest BCUT2D eigenvalue weighted by Crippen LogP contribution is 2.23. The van der Waals surface area contributed by atoms with E-state index in [0.29, 0.717) is 0 Å². The zero-order chi connectivity index (χ0) is 12.4. The Labute approximate surface area is 106 Å². The number of benzene rings is 2. The smallest absolute Gasteiger partial charge is 0.0702 e. The first-order valence-electron chi connectivity index (χ1n) is 5.92. The Morgan fingerprint density at radius 1 is 0.889 bits per heavy atom. The van der Waals surface area contributed by atoms with Crippen molar-refractivity contribution in [2.24, 2.45) is 0 Å². The molecule has 0 saturated heterocycles. The molecule has 3 aromatic rings. The standard InChI is InChI=1S/C16H13NO/c18-11-12-4-3-6-13(8-12)15-9-14-5-1-2-7-16(14)17-10-15/h1-10,18H,11H2. The van der Waals surface area contributed by atoms with Gasteiger partial charge in [0.25, 0.3) is 0 Å². The molecule has 18 heavy (non-hydrogen) atoms. The van der Waals surface area contributed by atoms with Gasteiger partial charge in [-0.05, 0) is 29.3 Å². The van der Waals surface area contributed by atoms with Crippen molar-refractivity contribution < 1.29 is 5.11 Å². The van der Waals surface area contributed by atoms with Crippen LogP contribution in [0.25, 0.3) is 22.0 Å². The summed E-state index contributed by atoms with van der Waals surface area (Å²) in [6.07, 6.45) is 1.87. The van der Waals surface area contributed by atoms with Crippen LogP contribution in [0.15, 0.2) is 60.8 Å². The minimum Gasteiger partial charge on any atom is -0.392 e. The van der Waals surface area contributed by atoms with E-state index in [0.717, 1.165) is 27.6 Å². The molecule has 2 aromatic carbocycles. The average Bonchev–Trinajstić information content (AvgIpc) is 2.47. The molecule has 0 atom stereocenters.